The molecule has 142 valence electrons. The van der Waals surface area contributed by atoms with E-state index in [2.05, 4.69) is 5.32 Å². The first-order valence-electron chi connectivity index (χ1n) is 8.73. The summed E-state index contributed by atoms with van der Waals surface area (Å²) < 4.78 is 4.94. The predicted octanol–water partition coefficient (Wildman–Crippen LogP) is 1.80. The summed E-state index contributed by atoms with van der Waals surface area (Å²) in [5.74, 6) is -1.15. The lowest BCUT2D eigenvalue weighted by Crippen LogP contribution is -2.25. The Balaban J connectivity index is 1.46. The zero-order valence-corrected chi connectivity index (χ0v) is 15.1. The molecule has 28 heavy (non-hydrogen) atoms. The molecule has 0 atom stereocenters. The van der Waals surface area contributed by atoms with Gasteiger partial charge in [0, 0.05) is 24.8 Å². The number of cyclic esters (lactones) is 1. The maximum absolute atomic E-state index is 12.5. The van der Waals surface area contributed by atoms with E-state index >= 15 is 0 Å². The number of nitrogens with one attached hydrogen (secondary N) is 1. The van der Waals surface area contributed by atoms with Crippen LogP contribution >= 0.6 is 0 Å². The number of rotatable bonds is 4. The first-order chi connectivity index (χ1) is 13.5. The molecule has 0 radical (unpaired) electrons. The number of hydrogen-bond donors (Lipinski definition) is 1. The van der Waals surface area contributed by atoms with Gasteiger partial charge in [-0.25, -0.2) is 4.79 Å². The van der Waals surface area contributed by atoms with Gasteiger partial charge in [0.15, 0.2) is 0 Å². The Hall–Kier alpha value is -3.68. The van der Waals surface area contributed by atoms with Gasteiger partial charge in [0.2, 0.25) is 0 Å². The van der Waals surface area contributed by atoms with Gasteiger partial charge in [-0.15, -0.1) is 0 Å². The van der Waals surface area contributed by atoms with Gasteiger partial charge in [-0.05, 0) is 35.9 Å². The second-order valence-corrected chi connectivity index (χ2v) is 6.55. The molecular formula is C20H17N3O5. The molecule has 4 rings (SSSR count). The van der Waals surface area contributed by atoms with Gasteiger partial charge in [-0.2, -0.15) is 0 Å². The molecule has 8 nitrogen and oxygen atoms in total. The lowest BCUT2D eigenvalue weighted by atomic mass is 10.1. The van der Waals surface area contributed by atoms with E-state index in [1.165, 1.54) is 30.1 Å². The maximum atomic E-state index is 12.5. The maximum Gasteiger partial charge on any atom is 0.414 e. The SMILES string of the molecule is CN1C(=O)c2ccc(C(=O)NCc3cccc(N4CCOC4=O)c3)cc2C1=O. The van der Waals surface area contributed by atoms with Crippen molar-refractivity contribution in [3.8, 4) is 0 Å². The average Bonchev–Trinajstić information content (AvgIpc) is 3.23. The van der Waals surface area contributed by atoms with E-state index in [0.717, 1.165) is 10.5 Å². The summed E-state index contributed by atoms with van der Waals surface area (Å²) in [6, 6.07) is 11.7. The van der Waals surface area contributed by atoms with Crippen molar-refractivity contribution >= 4 is 29.5 Å². The Morgan fingerprint density at radius 1 is 1.07 bits per heavy atom. The molecule has 8 heteroatoms. The van der Waals surface area contributed by atoms with Gasteiger partial charge in [0.1, 0.15) is 6.61 Å². The summed E-state index contributed by atoms with van der Waals surface area (Å²) in [6.07, 6.45) is -0.386. The second kappa shape index (κ2) is 6.80. The number of ether oxygens (including phenoxy) is 1. The minimum Gasteiger partial charge on any atom is -0.447 e. The fourth-order valence-electron chi connectivity index (χ4n) is 3.25. The van der Waals surface area contributed by atoms with Crippen LogP contribution in [0.5, 0.6) is 0 Å². The van der Waals surface area contributed by atoms with Crippen LogP contribution in [0.1, 0.15) is 36.6 Å². The largest absolute Gasteiger partial charge is 0.447 e. The van der Waals surface area contributed by atoms with Crippen LogP contribution in [0.3, 0.4) is 0 Å². The third kappa shape index (κ3) is 2.98. The molecule has 1 fully saturated rings. The van der Waals surface area contributed by atoms with Crippen LogP contribution in [0, 0.1) is 0 Å². The molecular weight excluding hydrogens is 362 g/mol. The van der Waals surface area contributed by atoms with Crippen molar-refractivity contribution in [3.63, 3.8) is 0 Å². The molecule has 2 aromatic carbocycles. The smallest absolute Gasteiger partial charge is 0.414 e. The van der Waals surface area contributed by atoms with Crippen molar-refractivity contribution in [3.05, 3.63) is 64.7 Å². The first kappa shape index (κ1) is 17.7. The van der Waals surface area contributed by atoms with Crippen molar-refractivity contribution in [2.24, 2.45) is 0 Å². The summed E-state index contributed by atoms with van der Waals surface area (Å²) >= 11 is 0. The fraction of sp³-hybridized carbons (Fsp3) is 0.200. The monoisotopic (exact) mass is 379 g/mol. The highest BCUT2D eigenvalue weighted by molar-refractivity contribution is 6.21. The number of anilines is 1. The predicted molar refractivity (Wildman–Crippen MR) is 99.2 cm³/mol. The van der Waals surface area contributed by atoms with Crippen LogP contribution in [0.4, 0.5) is 10.5 Å². The number of benzene rings is 2. The normalized spacial score (nSPS) is 15.7. The van der Waals surface area contributed by atoms with E-state index in [1.807, 2.05) is 12.1 Å². The Bertz CT molecular complexity index is 1020. The minimum absolute atomic E-state index is 0.231. The highest BCUT2D eigenvalue weighted by Crippen LogP contribution is 2.23. The number of imide groups is 1. The molecule has 0 spiro atoms. The first-order valence-corrected chi connectivity index (χ1v) is 8.73. The molecule has 2 aliphatic heterocycles. The Morgan fingerprint density at radius 3 is 2.61 bits per heavy atom. The Labute approximate surface area is 160 Å². The lowest BCUT2D eigenvalue weighted by molar-refractivity contribution is 0.0692. The van der Waals surface area contributed by atoms with Crippen molar-refractivity contribution in [1.82, 2.24) is 10.2 Å². The summed E-state index contributed by atoms with van der Waals surface area (Å²) in [7, 11) is 1.41. The van der Waals surface area contributed by atoms with Crippen LogP contribution < -0.4 is 10.2 Å². The summed E-state index contributed by atoms with van der Waals surface area (Å²) in [5.41, 5.74) is 2.36. The Morgan fingerprint density at radius 2 is 1.86 bits per heavy atom. The van der Waals surface area contributed by atoms with Gasteiger partial charge in [-0.1, -0.05) is 12.1 Å². The number of carbonyl (C=O) groups excluding carboxylic acids is 4. The minimum atomic E-state index is -0.417. The van der Waals surface area contributed by atoms with E-state index in [1.54, 1.807) is 12.1 Å². The zero-order valence-electron chi connectivity index (χ0n) is 15.1. The quantitative estimate of drug-likeness (QED) is 0.818. The van der Waals surface area contributed by atoms with E-state index in [0.29, 0.717) is 30.0 Å². The highest BCUT2D eigenvalue weighted by Gasteiger charge is 2.33. The van der Waals surface area contributed by atoms with Crippen LogP contribution in [0.25, 0.3) is 0 Å². The zero-order chi connectivity index (χ0) is 19.8. The number of fused-ring (bicyclic) bond motifs is 1. The van der Waals surface area contributed by atoms with Gasteiger partial charge < -0.3 is 10.1 Å². The molecule has 2 aromatic rings. The molecule has 1 N–H and O–H groups in total. The van der Waals surface area contributed by atoms with Crippen molar-refractivity contribution in [2.45, 2.75) is 6.54 Å². The van der Waals surface area contributed by atoms with Crippen molar-refractivity contribution in [1.29, 1.82) is 0 Å². The van der Waals surface area contributed by atoms with E-state index in [4.69, 9.17) is 4.74 Å². The van der Waals surface area contributed by atoms with Crippen molar-refractivity contribution < 1.29 is 23.9 Å². The highest BCUT2D eigenvalue weighted by atomic mass is 16.6. The summed E-state index contributed by atoms with van der Waals surface area (Å²) in [5, 5.41) is 2.79. The molecule has 2 heterocycles. The standard InChI is InChI=1S/C20H17N3O5/c1-22-18(25)15-6-5-13(10-16(15)19(22)26)17(24)21-11-12-3-2-4-14(9-12)23-7-8-28-20(23)27/h2-6,9-10H,7-8,11H2,1H3,(H,21,24). The molecule has 0 bridgehead atoms. The topological polar surface area (TPSA) is 96.0 Å². The molecule has 4 amide bonds. The van der Waals surface area contributed by atoms with Crippen molar-refractivity contribution in [2.75, 3.05) is 25.1 Å². The Kier molecular flexibility index (Phi) is 4.31. The van der Waals surface area contributed by atoms with E-state index in [9.17, 15) is 19.2 Å². The van der Waals surface area contributed by atoms with E-state index < -0.39 is 5.91 Å². The number of amides is 4. The molecule has 0 saturated carbocycles. The molecule has 1 saturated heterocycles. The molecule has 2 aliphatic rings. The van der Waals surface area contributed by atoms with Gasteiger partial charge in [-0.3, -0.25) is 24.2 Å². The van der Waals surface area contributed by atoms with Crippen LogP contribution in [-0.2, 0) is 11.3 Å². The van der Waals surface area contributed by atoms with Gasteiger partial charge in [0.05, 0.1) is 17.7 Å². The van der Waals surface area contributed by atoms with Crippen LogP contribution in [0.2, 0.25) is 0 Å². The summed E-state index contributed by atoms with van der Waals surface area (Å²) in [4.78, 5) is 50.7. The lowest BCUT2D eigenvalue weighted by Gasteiger charge is -2.14. The number of hydrogen-bond acceptors (Lipinski definition) is 5. The fourth-order valence-corrected chi connectivity index (χ4v) is 3.25. The third-order valence-corrected chi connectivity index (χ3v) is 4.79. The van der Waals surface area contributed by atoms with Crippen LogP contribution in [0.15, 0.2) is 42.5 Å². The van der Waals surface area contributed by atoms with Crippen LogP contribution in [-0.4, -0.2) is 48.9 Å². The summed E-state index contributed by atoms with van der Waals surface area (Å²) in [6.45, 7) is 1.10. The van der Waals surface area contributed by atoms with E-state index in [-0.39, 0.29) is 30.0 Å². The number of nitrogens with zero attached hydrogens (tertiary/aromatic N) is 2. The average molecular weight is 379 g/mol. The third-order valence-electron chi connectivity index (χ3n) is 4.79. The molecule has 0 aromatic heterocycles. The van der Waals surface area contributed by atoms with Gasteiger partial charge in [0.25, 0.3) is 17.7 Å². The molecule has 0 aliphatic carbocycles. The van der Waals surface area contributed by atoms with Gasteiger partial charge >= 0.3 is 6.09 Å². The number of carbonyl (C=O) groups is 4. The second-order valence-electron chi connectivity index (χ2n) is 6.55. The molecule has 0 unspecified atom stereocenters.